The van der Waals surface area contributed by atoms with E-state index in [4.69, 9.17) is 9.84 Å². The molecule has 0 bridgehead atoms. The lowest BCUT2D eigenvalue weighted by atomic mass is 10.1. The number of rotatable bonds is 8. The molecule has 0 aliphatic carbocycles. The fraction of sp³-hybridized carbons (Fsp3) is 0.107. The van der Waals surface area contributed by atoms with Crippen molar-refractivity contribution < 1.29 is 9.53 Å². The van der Waals surface area contributed by atoms with Crippen molar-refractivity contribution in [3.8, 4) is 17.0 Å². The fourth-order valence-corrected chi connectivity index (χ4v) is 3.93. The van der Waals surface area contributed by atoms with Crippen LogP contribution in [0.1, 0.15) is 21.5 Å². The Bertz CT molecular complexity index is 1410. The van der Waals surface area contributed by atoms with Crippen molar-refractivity contribution in [3.05, 3.63) is 120 Å². The highest BCUT2D eigenvalue weighted by molar-refractivity contribution is 6.08. The zero-order chi connectivity index (χ0) is 24.0. The molecule has 0 atom stereocenters. The van der Waals surface area contributed by atoms with Crippen LogP contribution in [0.25, 0.3) is 11.3 Å². The first kappa shape index (κ1) is 22.2. The molecule has 0 saturated heterocycles. The number of benzene rings is 3. The second-order valence-electron chi connectivity index (χ2n) is 8.16. The summed E-state index contributed by atoms with van der Waals surface area (Å²) in [6.45, 7) is 1.19. The van der Waals surface area contributed by atoms with Crippen LogP contribution in [0, 0.1) is 0 Å². The quantitative estimate of drug-likeness (QED) is 0.347. The van der Waals surface area contributed by atoms with E-state index in [1.807, 2.05) is 95.8 Å². The van der Waals surface area contributed by atoms with Gasteiger partial charge in [-0.05, 0) is 53.6 Å². The maximum atomic E-state index is 13.4. The van der Waals surface area contributed by atoms with E-state index < -0.39 is 0 Å². The van der Waals surface area contributed by atoms with Gasteiger partial charge >= 0.3 is 0 Å². The average molecular weight is 464 g/mol. The summed E-state index contributed by atoms with van der Waals surface area (Å²) in [5.41, 5.74) is 4.83. The summed E-state index contributed by atoms with van der Waals surface area (Å²) in [4.78, 5) is 13.4. The van der Waals surface area contributed by atoms with Crippen molar-refractivity contribution in [2.45, 2.75) is 13.1 Å². The number of hydrogen-bond donors (Lipinski definition) is 1. The number of methoxy groups -OCH3 is 1. The van der Waals surface area contributed by atoms with Crippen molar-refractivity contribution in [1.29, 1.82) is 0 Å². The molecular weight excluding hydrogens is 438 g/mol. The normalized spacial score (nSPS) is 10.8. The lowest BCUT2D eigenvalue weighted by Crippen LogP contribution is -2.12. The molecule has 0 unspecified atom stereocenters. The van der Waals surface area contributed by atoms with Gasteiger partial charge in [0.15, 0.2) is 0 Å². The second kappa shape index (κ2) is 10.1. The van der Waals surface area contributed by atoms with E-state index in [0.29, 0.717) is 24.3 Å². The van der Waals surface area contributed by atoms with Gasteiger partial charge in [0.2, 0.25) is 0 Å². The van der Waals surface area contributed by atoms with E-state index in [0.717, 1.165) is 28.1 Å². The van der Waals surface area contributed by atoms with Gasteiger partial charge in [0.25, 0.3) is 5.91 Å². The maximum absolute atomic E-state index is 13.4. The third-order valence-corrected chi connectivity index (χ3v) is 5.65. The third kappa shape index (κ3) is 5.30. The van der Waals surface area contributed by atoms with Crippen LogP contribution < -0.4 is 10.1 Å². The topological polar surface area (TPSA) is 74.0 Å². The summed E-state index contributed by atoms with van der Waals surface area (Å²) in [5, 5.41) is 12.1. The summed E-state index contributed by atoms with van der Waals surface area (Å²) in [6, 6.07) is 27.3. The van der Waals surface area contributed by atoms with Gasteiger partial charge in [-0.3, -0.25) is 14.2 Å². The van der Waals surface area contributed by atoms with Crippen LogP contribution >= 0.6 is 0 Å². The van der Waals surface area contributed by atoms with E-state index in [9.17, 15) is 4.79 Å². The molecule has 7 heteroatoms. The van der Waals surface area contributed by atoms with Crippen LogP contribution in [0.15, 0.2) is 104 Å². The zero-order valence-electron chi connectivity index (χ0n) is 19.3. The van der Waals surface area contributed by atoms with Crippen LogP contribution in [0.4, 0.5) is 5.69 Å². The Morgan fingerprint density at radius 3 is 2.40 bits per heavy atom. The first-order chi connectivity index (χ1) is 17.2. The second-order valence-corrected chi connectivity index (χ2v) is 8.16. The van der Waals surface area contributed by atoms with Gasteiger partial charge in [-0.25, -0.2) is 0 Å². The Hall–Kier alpha value is -4.65. The van der Waals surface area contributed by atoms with Crippen LogP contribution in [0.2, 0.25) is 0 Å². The summed E-state index contributed by atoms with van der Waals surface area (Å²) in [6.07, 6.45) is 5.46. The van der Waals surface area contributed by atoms with Gasteiger partial charge < -0.3 is 10.1 Å². The largest absolute Gasteiger partial charge is 0.497 e. The Labute approximate surface area is 203 Å². The molecule has 0 saturated carbocycles. The molecule has 3 aromatic carbocycles. The molecule has 2 heterocycles. The van der Waals surface area contributed by atoms with Crippen molar-refractivity contribution in [3.63, 3.8) is 0 Å². The van der Waals surface area contributed by atoms with Crippen molar-refractivity contribution in [2.75, 3.05) is 12.4 Å². The SMILES string of the molecule is COc1ccc(-c2nn(Cc3ccccc3)cc2C(=O)Nc2cccc(Cn3cccn3)c2)cc1. The number of carbonyl (C=O) groups is 1. The number of anilines is 1. The van der Waals surface area contributed by atoms with Gasteiger partial charge in [-0.15, -0.1) is 0 Å². The predicted molar refractivity (Wildman–Crippen MR) is 135 cm³/mol. The average Bonchev–Trinajstić information content (AvgIpc) is 3.55. The Balaban J connectivity index is 1.43. The van der Waals surface area contributed by atoms with E-state index in [2.05, 4.69) is 10.4 Å². The molecule has 0 aliphatic rings. The van der Waals surface area contributed by atoms with Crippen molar-refractivity contribution in [2.24, 2.45) is 0 Å². The minimum Gasteiger partial charge on any atom is -0.497 e. The molecule has 0 spiro atoms. The van der Waals surface area contributed by atoms with Crippen LogP contribution in [-0.2, 0) is 13.1 Å². The lowest BCUT2D eigenvalue weighted by molar-refractivity contribution is 0.102. The minimum atomic E-state index is -0.216. The molecule has 0 radical (unpaired) electrons. The number of aromatic nitrogens is 4. The number of nitrogens with zero attached hydrogens (tertiary/aromatic N) is 4. The molecule has 1 N–H and O–H groups in total. The molecule has 2 aromatic heterocycles. The first-order valence-electron chi connectivity index (χ1n) is 11.3. The highest BCUT2D eigenvalue weighted by Crippen LogP contribution is 2.26. The molecule has 0 fully saturated rings. The van der Waals surface area contributed by atoms with Crippen LogP contribution in [0.5, 0.6) is 5.75 Å². The van der Waals surface area contributed by atoms with Gasteiger partial charge in [-0.2, -0.15) is 10.2 Å². The third-order valence-electron chi connectivity index (χ3n) is 5.65. The molecule has 5 rings (SSSR count). The van der Waals surface area contributed by atoms with Crippen molar-refractivity contribution in [1.82, 2.24) is 19.6 Å². The summed E-state index contributed by atoms with van der Waals surface area (Å²) >= 11 is 0. The highest BCUT2D eigenvalue weighted by atomic mass is 16.5. The van der Waals surface area contributed by atoms with Gasteiger partial charge in [0.05, 0.1) is 25.8 Å². The highest BCUT2D eigenvalue weighted by Gasteiger charge is 2.19. The Morgan fingerprint density at radius 2 is 1.66 bits per heavy atom. The Morgan fingerprint density at radius 1 is 0.886 bits per heavy atom. The standard InChI is InChI=1S/C28H25N5O2/c1-35-25-13-11-23(12-14-25)27-26(20-33(31-27)18-21-7-3-2-4-8-21)28(34)30-24-10-5-9-22(17-24)19-32-16-6-15-29-32/h2-17,20H,18-19H2,1H3,(H,30,34). The van der Waals surface area contributed by atoms with Gasteiger partial charge in [0, 0.05) is 29.8 Å². The maximum Gasteiger partial charge on any atom is 0.259 e. The predicted octanol–water partition coefficient (Wildman–Crippen LogP) is 5.10. The Kier molecular flexibility index (Phi) is 6.39. The number of nitrogens with one attached hydrogen (secondary N) is 1. The van der Waals surface area contributed by atoms with Gasteiger partial charge in [0.1, 0.15) is 11.4 Å². The summed E-state index contributed by atoms with van der Waals surface area (Å²) in [5.74, 6) is 0.531. The molecule has 7 nitrogen and oxygen atoms in total. The zero-order valence-corrected chi connectivity index (χ0v) is 19.3. The molecule has 35 heavy (non-hydrogen) atoms. The van der Waals surface area contributed by atoms with E-state index in [-0.39, 0.29) is 5.91 Å². The minimum absolute atomic E-state index is 0.216. The van der Waals surface area contributed by atoms with E-state index in [1.165, 1.54) is 0 Å². The van der Waals surface area contributed by atoms with Crippen molar-refractivity contribution >= 4 is 11.6 Å². The molecule has 0 aliphatic heterocycles. The van der Waals surface area contributed by atoms with Crippen LogP contribution in [-0.4, -0.2) is 32.6 Å². The molecule has 5 aromatic rings. The molecule has 174 valence electrons. The molecular formula is C28H25N5O2. The lowest BCUT2D eigenvalue weighted by Gasteiger charge is -2.08. The fourth-order valence-electron chi connectivity index (χ4n) is 3.93. The van der Waals surface area contributed by atoms with E-state index in [1.54, 1.807) is 24.2 Å². The number of amides is 1. The number of ether oxygens (including phenoxy) is 1. The first-order valence-corrected chi connectivity index (χ1v) is 11.3. The summed E-state index contributed by atoms with van der Waals surface area (Å²) in [7, 11) is 1.63. The molecule has 1 amide bonds. The monoisotopic (exact) mass is 463 g/mol. The number of carbonyl (C=O) groups excluding carboxylic acids is 1. The number of hydrogen-bond acceptors (Lipinski definition) is 4. The van der Waals surface area contributed by atoms with Crippen LogP contribution in [0.3, 0.4) is 0 Å². The smallest absolute Gasteiger partial charge is 0.259 e. The van der Waals surface area contributed by atoms with Gasteiger partial charge in [-0.1, -0.05) is 42.5 Å². The summed E-state index contributed by atoms with van der Waals surface area (Å²) < 4.78 is 8.93. The van der Waals surface area contributed by atoms with E-state index >= 15 is 0 Å².